The van der Waals surface area contributed by atoms with E-state index in [9.17, 15) is 14.4 Å². The van der Waals surface area contributed by atoms with Crippen LogP contribution in [0.3, 0.4) is 0 Å². The quantitative estimate of drug-likeness (QED) is 0.472. The van der Waals surface area contributed by atoms with Crippen LogP contribution in [0.2, 0.25) is 0 Å². The van der Waals surface area contributed by atoms with Gasteiger partial charge in [0.2, 0.25) is 11.9 Å². The molecule has 0 aliphatic carbocycles. The van der Waals surface area contributed by atoms with Crippen molar-refractivity contribution < 1.29 is 28.6 Å². The zero-order valence-corrected chi connectivity index (χ0v) is 13.6. The van der Waals surface area contributed by atoms with Crippen molar-refractivity contribution in [3.8, 4) is 0 Å². The number of nitrogens with one attached hydrogen (secondary N) is 2. The van der Waals surface area contributed by atoms with Crippen LogP contribution in [0, 0.1) is 0 Å². The summed E-state index contributed by atoms with van der Waals surface area (Å²) in [5, 5.41) is 5.46. The van der Waals surface area contributed by atoms with Gasteiger partial charge >= 0.3 is 11.9 Å². The molecular formula is C13H23ClN2O6. The summed E-state index contributed by atoms with van der Waals surface area (Å²) in [6.07, 6.45) is 0.106. The maximum atomic E-state index is 11.9. The van der Waals surface area contributed by atoms with Crippen LogP contribution in [0.15, 0.2) is 0 Å². The van der Waals surface area contributed by atoms with Crippen molar-refractivity contribution in [1.82, 2.24) is 10.6 Å². The van der Waals surface area contributed by atoms with E-state index in [-0.39, 0.29) is 38.1 Å². The van der Waals surface area contributed by atoms with Gasteiger partial charge in [0.1, 0.15) is 0 Å². The monoisotopic (exact) mass is 338 g/mol. The minimum absolute atomic E-state index is 0. The summed E-state index contributed by atoms with van der Waals surface area (Å²) in [6.45, 7) is 5.14. The molecule has 1 rings (SSSR count). The Morgan fingerprint density at radius 2 is 1.82 bits per heavy atom. The van der Waals surface area contributed by atoms with Crippen LogP contribution in [0.25, 0.3) is 0 Å². The van der Waals surface area contributed by atoms with Gasteiger partial charge in [0.15, 0.2) is 0 Å². The molecule has 0 bridgehead atoms. The summed E-state index contributed by atoms with van der Waals surface area (Å²) >= 11 is 0. The number of hydrogen-bond donors (Lipinski definition) is 2. The fourth-order valence-corrected chi connectivity index (χ4v) is 1.86. The Hall–Kier alpha value is -1.38. The van der Waals surface area contributed by atoms with Gasteiger partial charge < -0.3 is 24.8 Å². The van der Waals surface area contributed by atoms with Crippen LogP contribution in [-0.2, 0) is 28.6 Å². The average molecular weight is 339 g/mol. The molecule has 1 saturated heterocycles. The standard InChI is InChI=1S/C13H22N2O6.ClH/c1-3-20-12(17)11(13(18)21-4-2)15-10(16)7-9-8-19-6-5-14-9;/h9,11,14H,3-8H2,1-2H3,(H,15,16);1H. The number of rotatable bonds is 7. The third-order valence-corrected chi connectivity index (χ3v) is 2.78. The predicted octanol–water partition coefficient (Wildman–Crippen LogP) is -0.602. The lowest BCUT2D eigenvalue weighted by Gasteiger charge is -2.24. The fraction of sp³-hybridized carbons (Fsp3) is 0.769. The van der Waals surface area contributed by atoms with Crippen molar-refractivity contribution in [2.24, 2.45) is 0 Å². The Morgan fingerprint density at radius 1 is 1.23 bits per heavy atom. The molecule has 1 unspecified atom stereocenters. The summed E-state index contributed by atoms with van der Waals surface area (Å²) in [4.78, 5) is 35.3. The molecule has 9 heteroatoms. The minimum Gasteiger partial charge on any atom is -0.464 e. The Balaban J connectivity index is 0.00000441. The third kappa shape index (κ3) is 7.06. The number of esters is 2. The maximum Gasteiger partial charge on any atom is 0.340 e. The summed E-state index contributed by atoms with van der Waals surface area (Å²) < 4.78 is 14.8. The van der Waals surface area contributed by atoms with Crippen molar-refractivity contribution in [3.05, 3.63) is 0 Å². The zero-order valence-electron chi connectivity index (χ0n) is 12.8. The Bertz CT molecular complexity index is 356. The highest BCUT2D eigenvalue weighted by Gasteiger charge is 2.31. The number of hydrogen-bond acceptors (Lipinski definition) is 7. The molecule has 0 saturated carbocycles. The van der Waals surface area contributed by atoms with E-state index < -0.39 is 23.9 Å². The second kappa shape index (κ2) is 11.2. The molecule has 0 aromatic carbocycles. The number of halogens is 1. The first-order valence-electron chi connectivity index (χ1n) is 7.02. The molecule has 0 aromatic rings. The highest BCUT2D eigenvalue weighted by Crippen LogP contribution is 2.01. The molecule has 1 atom stereocenters. The molecule has 0 radical (unpaired) electrons. The van der Waals surface area contributed by atoms with Crippen LogP contribution >= 0.6 is 12.4 Å². The summed E-state index contributed by atoms with van der Waals surface area (Å²) in [5.74, 6) is -2.08. The van der Waals surface area contributed by atoms with Crippen molar-refractivity contribution in [3.63, 3.8) is 0 Å². The smallest absolute Gasteiger partial charge is 0.340 e. The van der Waals surface area contributed by atoms with Crippen molar-refractivity contribution in [1.29, 1.82) is 0 Å². The van der Waals surface area contributed by atoms with E-state index in [4.69, 9.17) is 14.2 Å². The Morgan fingerprint density at radius 3 is 2.27 bits per heavy atom. The molecule has 0 spiro atoms. The molecular weight excluding hydrogens is 316 g/mol. The van der Waals surface area contributed by atoms with Gasteiger partial charge in [-0.05, 0) is 13.8 Å². The van der Waals surface area contributed by atoms with Crippen LogP contribution in [0.1, 0.15) is 20.3 Å². The molecule has 1 fully saturated rings. The van der Waals surface area contributed by atoms with E-state index >= 15 is 0 Å². The Labute approximate surface area is 135 Å². The molecule has 8 nitrogen and oxygen atoms in total. The molecule has 0 aromatic heterocycles. The largest absolute Gasteiger partial charge is 0.464 e. The third-order valence-electron chi connectivity index (χ3n) is 2.78. The van der Waals surface area contributed by atoms with Crippen LogP contribution in [0.5, 0.6) is 0 Å². The molecule has 1 heterocycles. The first-order chi connectivity index (χ1) is 10.1. The average Bonchev–Trinajstić information content (AvgIpc) is 2.46. The lowest BCUT2D eigenvalue weighted by atomic mass is 10.1. The summed E-state index contributed by atoms with van der Waals surface area (Å²) in [5.41, 5.74) is 0. The van der Waals surface area contributed by atoms with Crippen molar-refractivity contribution >= 4 is 30.3 Å². The van der Waals surface area contributed by atoms with E-state index in [1.54, 1.807) is 13.8 Å². The van der Waals surface area contributed by atoms with E-state index in [2.05, 4.69) is 10.6 Å². The van der Waals surface area contributed by atoms with Gasteiger partial charge in [0.25, 0.3) is 0 Å². The van der Waals surface area contributed by atoms with Crippen LogP contribution < -0.4 is 10.6 Å². The highest BCUT2D eigenvalue weighted by molar-refractivity contribution is 6.02. The molecule has 128 valence electrons. The van der Waals surface area contributed by atoms with E-state index in [0.29, 0.717) is 19.8 Å². The maximum absolute atomic E-state index is 11.9. The van der Waals surface area contributed by atoms with Crippen molar-refractivity contribution in [2.45, 2.75) is 32.4 Å². The summed E-state index contributed by atoms with van der Waals surface area (Å²) in [7, 11) is 0. The highest BCUT2D eigenvalue weighted by atomic mass is 35.5. The summed E-state index contributed by atoms with van der Waals surface area (Å²) in [6, 6.07) is -1.56. The van der Waals surface area contributed by atoms with Gasteiger partial charge in [-0.3, -0.25) is 4.79 Å². The van der Waals surface area contributed by atoms with Gasteiger partial charge in [-0.25, -0.2) is 9.59 Å². The topological polar surface area (TPSA) is 103 Å². The molecule has 22 heavy (non-hydrogen) atoms. The first-order valence-corrected chi connectivity index (χ1v) is 7.02. The van der Waals surface area contributed by atoms with Gasteiger partial charge in [-0.1, -0.05) is 0 Å². The number of morpholine rings is 1. The van der Waals surface area contributed by atoms with Crippen molar-refractivity contribution in [2.75, 3.05) is 33.0 Å². The van der Waals surface area contributed by atoms with Gasteiger partial charge in [-0.15, -0.1) is 12.4 Å². The number of ether oxygens (including phenoxy) is 3. The van der Waals surface area contributed by atoms with Gasteiger partial charge in [0.05, 0.1) is 26.4 Å². The van der Waals surface area contributed by atoms with Crippen LogP contribution in [0.4, 0.5) is 0 Å². The second-order valence-corrected chi connectivity index (χ2v) is 4.43. The fourth-order valence-electron chi connectivity index (χ4n) is 1.86. The molecule has 1 amide bonds. The van der Waals surface area contributed by atoms with E-state index in [0.717, 1.165) is 0 Å². The minimum atomic E-state index is -1.43. The first kappa shape index (κ1) is 20.6. The van der Waals surface area contributed by atoms with Gasteiger partial charge in [-0.2, -0.15) is 0 Å². The lowest BCUT2D eigenvalue weighted by molar-refractivity contribution is -0.159. The van der Waals surface area contributed by atoms with Gasteiger partial charge in [0, 0.05) is 19.0 Å². The molecule has 1 aliphatic heterocycles. The van der Waals surface area contributed by atoms with E-state index in [1.165, 1.54) is 0 Å². The normalized spacial score (nSPS) is 17.3. The van der Waals surface area contributed by atoms with E-state index in [1.807, 2.05) is 0 Å². The lowest BCUT2D eigenvalue weighted by Crippen LogP contribution is -2.51. The molecule has 1 aliphatic rings. The zero-order chi connectivity index (χ0) is 15.7. The number of carbonyl (C=O) groups is 3. The number of carbonyl (C=O) groups excluding carboxylic acids is 3. The number of amides is 1. The predicted molar refractivity (Wildman–Crippen MR) is 79.7 cm³/mol. The second-order valence-electron chi connectivity index (χ2n) is 4.43. The molecule has 2 N–H and O–H groups in total. The SMILES string of the molecule is CCOC(=O)C(NC(=O)CC1COCCN1)C(=O)OCC.Cl. The van der Waals surface area contributed by atoms with Crippen LogP contribution in [-0.4, -0.2) is 62.9 Å². The Kier molecular flexibility index (Phi) is 10.5.